The average molecular weight is 260 g/mol. The lowest BCUT2D eigenvalue weighted by molar-refractivity contribution is 0.178. The van der Waals surface area contributed by atoms with Gasteiger partial charge in [-0.1, -0.05) is 25.1 Å². The van der Waals surface area contributed by atoms with Crippen molar-refractivity contribution < 1.29 is 5.11 Å². The minimum Gasteiger partial charge on any atom is -0.393 e. The zero-order valence-corrected chi connectivity index (χ0v) is 11.9. The second kappa shape index (κ2) is 6.73. The fraction of sp³-hybridized carbons (Fsp3) is 0.500. The smallest absolute Gasteiger partial charge is 0.0529 e. The van der Waals surface area contributed by atoms with Gasteiger partial charge in [-0.2, -0.15) is 0 Å². The molecule has 2 N–H and O–H groups in total. The third-order valence-corrected chi connectivity index (χ3v) is 3.40. The van der Waals surface area contributed by atoms with Gasteiger partial charge in [0.2, 0.25) is 0 Å². The van der Waals surface area contributed by atoms with Crippen LogP contribution in [0.4, 0.5) is 0 Å². The first-order chi connectivity index (χ1) is 9.22. The van der Waals surface area contributed by atoms with E-state index in [9.17, 15) is 5.11 Å². The van der Waals surface area contributed by atoms with Crippen molar-refractivity contribution in [3.63, 3.8) is 0 Å². The van der Waals surface area contributed by atoms with E-state index in [1.54, 1.807) is 0 Å². The molecule has 3 nitrogen and oxygen atoms in total. The minimum atomic E-state index is -0.247. The van der Waals surface area contributed by atoms with Crippen molar-refractivity contribution in [2.75, 3.05) is 6.54 Å². The standard InChI is InChI=1S/C16H24N2O/c1-3-9-17-12-15-6-4-5-14-8-11-18(16(14)15)10-7-13(2)19/h4-6,8,11,13,17,19H,3,7,9-10,12H2,1-2H3. The molecule has 0 fully saturated rings. The van der Waals surface area contributed by atoms with Crippen LogP contribution in [0.2, 0.25) is 0 Å². The SMILES string of the molecule is CCCNCc1cccc2ccn(CCC(C)O)c12. The largest absolute Gasteiger partial charge is 0.393 e. The molecule has 0 aliphatic heterocycles. The van der Waals surface area contributed by atoms with Gasteiger partial charge in [0.05, 0.1) is 11.6 Å². The summed E-state index contributed by atoms with van der Waals surface area (Å²) >= 11 is 0. The maximum atomic E-state index is 9.44. The molecule has 1 unspecified atom stereocenters. The topological polar surface area (TPSA) is 37.2 Å². The van der Waals surface area contributed by atoms with Crippen molar-refractivity contribution in [2.24, 2.45) is 0 Å². The van der Waals surface area contributed by atoms with E-state index in [1.165, 1.54) is 16.5 Å². The van der Waals surface area contributed by atoms with Crippen LogP contribution in [-0.4, -0.2) is 22.3 Å². The second-order valence-corrected chi connectivity index (χ2v) is 5.18. The van der Waals surface area contributed by atoms with E-state index in [-0.39, 0.29) is 6.10 Å². The zero-order valence-electron chi connectivity index (χ0n) is 11.9. The Bertz CT molecular complexity index is 516. The summed E-state index contributed by atoms with van der Waals surface area (Å²) in [6, 6.07) is 8.60. The van der Waals surface area contributed by atoms with Crippen molar-refractivity contribution >= 4 is 10.9 Å². The highest BCUT2D eigenvalue weighted by Crippen LogP contribution is 2.21. The lowest BCUT2D eigenvalue weighted by Gasteiger charge is -2.11. The molecule has 3 heteroatoms. The molecule has 1 heterocycles. The molecule has 0 amide bonds. The van der Waals surface area contributed by atoms with Crippen LogP contribution in [0.5, 0.6) is 0 Å². The Kier molecular flexibility index (Phi) is 5.00. The number of aromatic nitrogens is 1. The van der Waals surface area contributed by atoms with E-state index in [2.05, 4.69) is 47.3 Å². The Morgan fingerprint density at radius 2 is 2.16 bits per heavy atom. The Labute approximate surface area is 115 Å². The van der Waals surface area contributed by atoms with Crippen LogP contribution >= 0.6 is 0 Å². The van der Waals surface area contributed by atoms with Gasteiger partial charge in [0.1, 0.15) is 0 Å². The molecule has 2 rings (SSSR count). The van der Waals surface area contributed by atoms with E-state index in [4.69, 9.17) is 0 Å². The summed E-state index contributed by atoms with van der Waals surface area (Å²) in [5.41, 5.74) is 2.63. The number of nitrogens with one attached hydrogen (secondary N) is 1. The molecule has 0 spiro atoms. The Morgan fingerprint density at radius 3 is 2.89 bits per heavy atom. The number of fused-ring (bicyclic) bond motifs is 1. The van der Waals surface area contributed by atoms with Crippen LogP contribution < -0.4 is 5.32 Å². The molecule has 1 aromatic carbocycles. The molecule has 0 aliphatic carbocycles. The maximum Gasteiger partial charge on any atom is 0.0529 e. The molecule has 19 heavy (non-hydrogen) atoms. The Balaban J connectivity index is 2.22. The van der Waals surface area contributed by atoms with Crippen LogP contribution in [0.1, 0.15) is 32.3 Å². The minimum absolute atomic E-state index is 0.247. The van der Waals surface area contributed by atoms with Crippen LogP contribution in [-0.2, 0) is 13.1 Å². The van der Waals surface area contributed by atoms with Crippen molar-refractivity contribution in [1.29, 1.82) is 0 Å². The van der Waals surface area contributed by atoms with Crippen molar-refractivity contribution in [3.05, 3.63) is 36.0 Å². The fourth-order valence-corrected chi connectivity index (χ4v) is 2.40. The molecular formula is C16H24N2O. The first kappa shape index (κ1) is 14.1. The van der Waals surface area contributed by atoms with Crippen molar-refractivity contribution in [3.8, 4) is 0 Å². The molecule has 0 aliphatic rings. The van der Waals surface area contributed by atoms with Gasteiger partial charge in [-0.05, 0) is 43.3 Å². The van der Waals surface area contributed by atoms with Crippen molar-refractivity contribution in [1.82, 2.24) is 9.88 Å². The third kappa shape index (κ3) is 3.58. The predicted octanol–water partition coefficient (Wildman–Crippen LogP) is 2.91. The number of aliphatic hydroxyl groups is 1. The van der Waals surface area contributed by atoms with Gasteiger partial charge < -0.3 is 15.0 Å². The number of hydrogen-bond acceptors (Lipinski definition) is 2. The predicted molar refractivity (Wildman–Crippen MR) is 80.2 cm³/mol. The molecule has 0 saturated heterocycles. The number of nitrogens with zero attached hydrogens (tertiary/aromatic N) is 1. The van der Waals surface area contributed by atoms with E-state index in [0.29, 0.717) is 0 Å². The second-order valence-electron chi connectivity index (χ2n) is 5.18. The first-order valence-corrected chi connectivity index (χ1v) is 7.18. The first-order valence-electron chi connectivity index (χ1n) is 7.18. The van der Waals surface area contributed by atoms with Crippen LogP contribution in [0.15, 0.2) is 30.5 Å². The maximum absolute atomic E-state index is 9.44. The van der Waals surface area contributed by atoms with E-state index in [0.717, 1.165) is 32.5 Å². The summed E-state index contributed by atoms with van der Waals surface area (Å²) in [4.78, 5) is 0. The van der Waals surface area contributed by atoms with E-state index < -0.39 is 0 Å². The zero-order chi connectivity index (χ0) is 13.7. The van der Waals surface area contributed by atoms with E-state index in [1.807, 2.05) is 6.92 Å². The van der Waals surface area contributed by atoms with Crippen LogP contribution in [0, 0.1) is 0 Å². The van der Waals surface area contributed by atoms with Crippen LogP contribution in [0.25, 0.3) is 10.9 Å². The molecule has 104 valence electrons. The number of rotatable bonds is 7. The quantitative estimate of drug-likeness (QED) is 0.751. The van der Waals surface area contributed by atoms with Crippen molar-refractivity contribution in [2.45, 2.75) is 45.9 Å². The average Bonchev–Trinajstić information content (AvgIpc) is 2.81. The molecule has 0 radical (unpaired) electrons. The lowest BCUT2D eigenvalue weighted by Crippen LogP contribution is -2.15. The summed E-state index contributed by atoms with van der Waals surface area (Å²) in [6.07, 6.45) is 3.82. The number of para-hydroxylation sites is 1. The van der Waals surface area contributed by atoms with Gasteiger partial charge in [0.15, 0.2) is 0 Å². The Morgan fingerprint density at radius 1 is 1.32 bits per heavy atom. The van der Waals surface area contributed by atoms with Gasteiger partial charge in [-0.3, -0.25) is 0 Å². The molecule has 1 atom stereocenters. The van der Waals surface area contributed by atoms with Gasteiger partial charge in [-0.25, -0.2) is 0 Å². The number of benzene rings is 1. The van der Waals surface area contributed by atoms with Gasteiger partial charge in [-0.15, -0.1) is 0 Å². The molecule has 1 aromatic heterocycles. The monoisotopic (exact) mass is 260 g/mol. The number of aliphatic hydroxyl groups excluding tert-OH is 1. The highest BCUT2D eigenvalue weighted by molar-refractivity contribution is 5.83. The van der Waals surface area contributed by atoms with Crippen LogP contribution in [0.3, 0.4) is 0 Å². The van der Waals surface area contributed by atoms with Gasteiger partial charge >= 0.3 is 0 Å². The summed E-state index contributed by atoms with van der Waals surface area (Å²) < 4.78 is 2.25. The Hall–Kier alpha value is -1.32. The molecule has 0 saturated carbocycles. The van der Waals surface area contributed by atoms with E-state index >= 15 is 0 Å². The fourth-order valence-electron chi connectivity index (χ4n) is 2.40. The summed E-state index contributed by atoms with van der Waals surface area (Å²) in [6.45, 7) is 6.84. The number of hydrogen-bond donors (Lipinski definition) is 2. The molecular weight excluding hydrogens is 236 g/mol. The van der Waals surface area contributed by atoms with Gasteiger partial charge in [0, 0.05) is 19.3 Å². The highest BCUT2D eigenvalue weighted by Gasteiger charge is 2.07. The summed E-state index contributed by atoms with van der Waals surface area (Å²) in [5.74, 6) is 0. The summed E-state index contributed by atoms with van der Waals surface area (Å²) in [5, 5.41) is 14.2. The molecule has 0 bridgehead atoms. The summed E-state index contributed by atoms with van der Waals surface area (Å²) in [7, 11) is 0. The number of aryl methyl sites for hydroxylation is 1. The third-order valence-electron chi connectivity index (χ3n) is 3.40. The van der Waals surface area contributed by atoms with Gasteiger partial charge in [0.25, 0.3) is 0 Å². The lowest BCUT2D eigenvalue weighted by atomic mass is 10.1. The highest BCUT2D eigenvalue weighted by atomic mass is 16.3. The normalized spacial score (nSPS) is 13.0. The molecule has 2 aromatic rings.